The van der Waals surface area contributed by atoms with Gasteiger partial charge in [0.05, 0.1) is 0 Å². The second-order valence-electron chi connectivity index (χ2n) is 5.54. The maximum absolute atomic E-state index is 5.98. The van der Waals surface area contributed by atoms with Crippen LogP contribution in [0.2, 0.25) is 0 Å². The monoisotopic (exact) mass is 288 g/mol. The number of hydrogen-bond donors (Lipinski definition) is 4. The summed E-state index contributed by atoms with van der Waals surface area (Å²) >= 11 is 8.86. The number of benzene rings is 2. The number of anilines is 2. The number of rotatable bonds is 0. The van der Waals surface area contributed by atoms with E-state index < -0.39 is 0 Å². The standard InChI is InChI=1S/C15H16N2S2/c1-15(2)9-5-13(18)11(16)3-7(9)8-4-12(17)14(19)6-10(8)15/h3-6,18-19H,16-17H2,1-2H3. The lowest BCUT2D eigenvalue weighted by molar-refractivity contribution is 0.657. The van der Waals surface area contributed by atoms with Gasteiger partial charge in [-0.2, -0.15) is 0 Å². The van der Waals surface area contributed by atoms with Gasteiger partial charge in [0.2, 0.25) is 0 Å². The van der Waals surface area contributed by atoms with E-state index in [1.807, 2.05) is 12.1 Å². The summed E-state index contributed by atoms with van der Waals surface area (Å²) in [7, 11) is 0. The molecule has 0 saturated carbocycles. The van der Waals surface area contributed by atoms with Gasteiger partial charge in [0.25, 0.3) is 0 Å². The van der Waals surface area contributed by atoms with Gasteiger partial charge < -0.3 is 11.5 Å². The van der Waals surface area contributed by atoms with E-state index in [0.29, 0.717) is 11.4 Å². The number of hydrogen-bond acceptors (Lipinski definition) is 4. The van der Waals surface area contributed by atoms with Crippen LogP contribution in [-0.2, 0) is 5.41 Å². The Morgan fingerprint density at radius 1 is 0.789 bits per heavy atom. The second-order valence-corrected chi connectivity index (χ2v) is 6.50. The predicted octanol–water partition coefficient (Wildman–Crippen LogP) is 3.73. The molecule has 1 aliphatic carbocycles. The van der Waals surface area contributed by atoms with Crippen LogP contribution in [0.4, 0.5) is 11.4 Å². The molecule has 0 atom stereocenters. The molecule has 1 aliphatic rings. The van der Waals surface area contributed by atoms with Gasteiger partial charge in [-0.3, -0.25) is 0 Å². The average Bonchev–Trinajstić information content (AvgIpc) is 2.52. The van der Waals surface area contributed by atoms with Gasteiger partial charge in [0.15, 0.2) is 0 Å². The molecular weight excluding hydrogens is 272 g/mol. The molecule has 0 spiro atoms. The lowest BCUT2D eigenvalue weighted by Gasteiger charge is -2.22. The van der Waals surface area contributed by atoms with Crippen molar-refractivity contribution in [3.8, 4) is 11.1 Å². The highest BCUT2D eigenvalue weighted by molar-refractivity contribution is 7.80. The maximum Gasteiger partial charge on any atom is 0.0456 e. The molecule has 4 N–H and O–H groups in total. The molecule has 0 heterocycles. The first-order valence-electron chi connectivity index (χ1n) is 6.08. The van der Waals surface area contributed by atoms with Crippen molar-refractivity contribution in [2.45, 2.75) is 29.1 Å². The molecular formula is C15H16N2S2. The summed E-state index contributed by atoms with van der Waals surface area (Å²) in [6.45, 7) is 4.40. The third-order valence-electron chi connectivity index (χ3n) is 3.97. The summed E-state index contributed by atoms with van der Waals surface area (Å²) in [5.74, 6) is 0. The third-order valence-corrected chi connectivity index (χ3v) is 4.75. The molecule has 98 valence electrons. The van der Waals surface area contributed by atoms with E-state index in [-0.39, 0.29) is 5.41 Å². The van der Waals surface area contributed by atoms with Gasteiger partial charge >= 0.3 is 0 Å². The highest BCUT2D eigenvalue weighted by Gasteiger charge is 2.36. The summed E-state index contributed by atoms with van der Waals surface area (Å²) in [5, 5.41) is 0. The predicted molar refractivity (Wildman–Crippen MR) is 87.3 cm³/mol. The Labute approximate surface area is 124 Å². The first-order chi connectivity index (χ1) is 8.82. The lowest BCUT2D eigenvalue weighted by atomic mass is 9.82. The molecule has 0 bridgehead atoms. The van der Waals surface area contributed by atoms with Crippen LogP contribution in [0.25, 0.3) is 11.1 Å². The van der Waals surface area contributed by atoms with Crippen molar-refractivity contribution >= 4 is 36.6 Å². The van der Waals surface area contributed by atoms with Crippen molar-refractivity contribution in [1.29, 1.82) is 0 Å². The Morgan fingerprint density at radius 2 is 1.16 bits per heavy atom. The molecule has 3 rings (SSSR count). The Morgan fingerprint density at radius 3 is 1.53 bits per heavy atom. The first-order valence-corrected chi connectivity index (χ1v) is 6.98. The summed E-state index contributed by atoms with van der Waals surface area (Å²) < 4.78 is 0. The van der Waals surface area contributed by atoms with E-state index in [9.17, 15) is 0 Å². The number of fused-ring (bicyclic) bond motifs is 3. The molecule has 2 aromatic carbocycles. The smallest absolute Gasteiger partial charge is 0.0456 e. The molecule has 0 radical (unpaired) electrons. The van der Waals surface area contributed by atoms with E-state index in [0.717, 1.165) is 20.9 Å². The van der Waals surface area contributed by atoms with Crippen molar-refractivity contribution in [2.75, 3.05) is 11.5 Å². The van der Waals surface area contributed by atoms with E-state index in [2.05, 4.69) is 51.2 Å². The van der Waals surface area contributed by atoms with Crippen LogP contribution >= 0.6 is 25.3 Å². The summed E-state index contributed by atoms with van der Waals surface area (Å²) in [6.07, 6.45) is 0. The molecule has 0 unspecified atom stereocenters. The fourth-order valence-corrected chi connectivity index (χ4v) is 3.22. The highest BCUT2D eigenvalue weighted by atomic mass is 32.1. The normalized spacial score (nSPS) is 15.2. The van der Waals surface area contributed by atoms with Crippen LogP contribution in [0, 0.1) is 0 Å². The van der Waals surface area contributed by atoms with E-state index >= 15 is 0 Å². The van der Waals surface area contributed by atoms with E-state index in [1.165, 1.54) is 11.1 Å². The fraction of sp³-hybridized carbons (Fsp3) is 0.200. The summed E-state index contributed by atoms with van der Waals surface area (Å²) in [4.78, 5) is 1.64. The van der Waals surface area contributed by atoms with Crippen LogP contribution in [0.3, 0.4) is 0 Å². The zero-order chi connectivity index (χ0) is 13.9. The average molecular weight is 288 g/mol. The molecule has 0 aromatic heterocycles. The van der Waals surface area contributed by atoms with Gasteiger partial charge in [0.1, 0.15) is 0 Å². The van der Waals surface area contributed by atoms with Gasteiger partial charge in [0, 0.05) is 26.6 Å². The van der Waals surface area contributed by atoms with Crippen LogP contribution < -0.4 is 11.5 Å². The van der Waals surface area contributed by atoms with Crippen molar-refractivity contribution in [2.24, 2.45) is 0 Å². The molecule has 0 saturated heterocycles. The molecule has 2 nitrogen and oxygen atoms in total. The van der Waals surface area contributed by atoms with Crippen molar-refractivity contribution in [1.82, 2.24) is 0 Å². The van der Waals surface area contributed by atoms with Gasteiger partial charge in [-0.15, -0.1) is 25.3 Å². The molecule has 4 heteroatoms. The Balaban J connectivity index is 2.40. The molecule has 0 aliphatic heterocycles. The zero-order valence-corrected chi connectivity index (χ0v) is 12.6. The van der Waals surface area contributed by atoms with Gasteiger partial charge in [-0.05, 0) is 46.5 Å². The molecule has 19 heavy (non-hydrogen) atoms. The summed E-state index contributed by atoms with van der Waals surface area (Å²) in [6, 6.07) is 8.09. The van der Waals surface area contributed by atoms with Crippen molar-refractivity contribution < 1.29 is 0 Å². The zero-order valence-electron chi connectivity index (χ0n) is 10.9. The maximum atomic E-state index is 5.98. The largest absolute Gasteiger partial charge is 0.398 e. The minimum Gasteiger partial charge on any atom is -0.398 e. The minimum absolute atomic E-state index is 0.0823. The van der Waals surface area contributed by atoms with Crippen LogP contribution in [0.1, 0.15) is 25.0 Å². The van der Waals surface area contributed by atoms with Crippen molar-refractivity contribution in [3.63, 3.8) is 0 Å². The molecule has 2 aromatic rings. The lowest BCUT2D eigenvalue weighted by Crippen LogP contribution is -2.15. The minimum atomic E-state index is -0.0823. The first kappa shape index (κ1) is 12.8. The van der Waals surface area contributed by atoms with Crippen LogP contribution in [0.5, 0.6) is 0 Å². The fourth-order valence-electron chi connectivity index (χ4n) is 2.83. The molecule has 0 amide bonds. The summed E-state index contributed by atoms with van der Waals surface area (Å²) in [5.41, 5.74) is 18.0. The van der Waals surface area contributed by atoms with Gasteiger partial charge in [-0.25, -0.2) is 0 Å². The van der Waals surface area contributed by atoms with Gasteiger partial charge in [-0.1, -0.05) is 13.8 Å². The van der Waals surface area contributed by atoms with E-state index in [4.69, 9.17) is 11.5 Å². The topological polar surface area (TPSA) is 52.0 Å². The highest BCUT2D eigenvalue weighted by Crippen LogP contribution is 2.51. The Bertz CT molecular complexity index is 646. The quantitative estimate of drug-likeness (QED) is 0.441. The SMILES string of the molecule is CC1(C)c2cc(S)c(N)cc2-c2cc(N)c(S)cc21. The Hall–Kier alpha value is -1.26. The Kier molecular flexibility index (Phi) is 2.60. The number of thiol groups is 2. The second kappa shape index (κ2) is 3.87. The van der Waals surface area contributed by atoms with E-state index in [1.54, 1.807) is 0 Å². The number of nitrogens with two attached hydrogens (primary N) is 2. The third kappa shape index (κ3) is 1.66. The van der Waals surface area contributed by atoms with Crippen molar-refractivity contribution in [3.05, 3.63) is 35.4 Å². The van der Waals surface area contributed by atoms with Crippen LogP contribution in [-0.4, -0.2) is 0 Å². The number of nitrogen functional groups attached to an aromatic ring is 2. The van der Waals surface area contributed by atoms with Crippen LogP contribution in [0.15, 0.2) is 34.1 Å². The molecule has 0 fully saturated rings.